The molecule has 1 heterocycles. The SMILES string of the molecule is CCC(CNC(C)C)N1CCSC(C)C1. The predicted octanol–water partition coefficient (Wildman–Crippen LogP) is 2.20. The van der Waals surface area contributed by atoms with E-state index in [9.17, 15) is 0 Å². The van der Waals surface area contributed by atoms with Crippen molar-refractivity contribution >= 4 is 11.8 Å². The molecule has 0 saturated carbocycles. The molecule has 1 fully saturated rings. The van der Waals surface area contributed by atoms with Crippen LogP contribution in [0.4, 0.5) is 0 Å². The average Bonchev–Trinajstić information content (AvgIpc) is 2.18. The molecule has 1 rings (SSSR count). The number of rotatable bonds is 5. The second kappa shape index (κ2) is 6.77. The maximum Gasteiger partial charge on any atom is 0.0218 e. The first-order valence-corrected chi connectivity index (χ1v) is 7.27. The van der Waals surface area contributed by atoms with Gasteiger partial charge in [0.2, 0.25) is 0 Å². The topological polar surface area (TPSA) is 15.3 Å². The van der Waals surface area contributed by atoms with E-state index in [-0.39, 0.29) is 0 Å². The van der Waals surface area contributed by atoms with Crippen molar-refractivity contribution < 1.29 is 0 Å². The van der Waals surface area contributed by atoms with Gasteiger partial charge in [-0.15, -0.1) is 0 Å². The summed E-state index contributed by atoms with van der Waals surface area (Å²) >= 11 is 2.11. The second-order valence-corrected chi connectivity index (χ2v) is 6.35. The van der Waals surface area contributed by atoms with E-state index < -0.39 is 0 Å². The summed E-state index contributed by atoms with van der Waals surface area (Å²) in [6, 6.07) is 1.34. The minimum Gasteiger partial charge on any atom is -0.313 e. The lowest BCUT2D eigenvalue weighted by Gasteiger charge is -2.37. The predicted molar refractivity (Wildman–Crippen MR) is 70.7 cm³/mol. The zero-order chi connectivity index (χ0) is 11.3. The molecule has 0 aromatic carbocycles. The summed E-state index contributed by atoms with van der Waals surface area (Å²) in [6.07, 6.45) is 1.26. The van der Waals surface area contributed by atoms with Crippen LogP contribution in [0.5, 0.6) is 0 Å². The van der Waals surface area contributed by atoms with E-state index in [2.05, 4.69) is 49.7 Å². The van der Waals surface area contributed by atoms with Crippen molar-refractivity contribution in [2.75, 3.05) is 25.4 Å². The van der Waals surface area contributed by atoms with Crippen LogP contribution in [0.25, 0.3) is 0 Å². The van der Waals surface area contributed by atoms with E-state index in [0.717, 1.165) is 17.8 Å². The van der Waals surface area contributed by atoms with Crippen LogP contribution in [0, 0.1) is 0 Å². The molecule has 2 atom stereocenters. The molecule has 0 amide bonds. The van der Waals surface area contributed by atoms with Crippen LogP contribution in [0.3, 0.4) is 0 Å². The van der Waals surface area contributed by atoms with E-state index in [1.165, 1.54) is 25.3 Å². The van der Waals surface area contributed by atoms with Crippen LogP contribution < -0.4 is 5.32 Å². The van der Waals surface area contributed by atoms with E-state index in [1.807, 2.05) is 0 Å². The lowest BCUT2D eigenvalue weighted by Crippen LogP contribution is -2.48. The first-order chi connectivity index (χ1) is 7.13. The molecular formula is C12H26N2S. The quantitative estimate of drug-likeness (QED) is 0.779. The van der Waals surface area contributed by atoms with Crippen LogP contribution in [-0.4, -0.2) is 47.6 Å². The van der Waals surface area contributed by atoms with Gasteiger partial charge in [0.25, 0.3) is 0 Å². The molecule has 1 aliphatic rings. The number of hydrogen-bond acceptors (Lipinski definition) is 3. The summed E-state index contributed by atoms with van der Waals surface area (Å²) in [5.74, 6) is 1.30. The summed E-state index contributed by atoms with van der Waals surface area (Å²) in [4.78, 5) is 2.66. The van der Waals surface area contributed by atoms with Crippen molar-refractivity contribution in [1.82, 2.24) is 10.2 Å². The molecule has 0 spiro atoms. The molecule has 1 N–H and O–H groups in total. The largest absolute Gasteiger partial charge is 0.313 e. The highest BCUT2D eigenvalue weighted by atomic mass is 32.2. The third kappa shape index (κ3) is 4.75. The number of nitrogens with one attached hydrogen (secondary N) is 1. The van der Waals surface area contributed by atoms with Crippen molar-refractivity contribution in [3.63, 3.8) is 0 Å². The van der Waals surface area contributed by atoms with Gasteiger partial charge in [0.1, 0.15) is 0 Å². The Morgan fingerprint density at radius 1 is 1.47 bits per heavy atom. The van der Waals surface area contributed by atoms with Crippen molar-refractivity contribution in [3.05, 3.63) is 0 Å². The summed E-state index contributed by atoms with van der Waals surface area (Å²) in [7, 11) is 0. The summed E-state index contributed by atoms with van der Waals surface area (Å²) in [5.41, 5.74) is 0. The highest BCUT2D eigenvalue weighted by Crippen LogP contribution is 2.20. The van der Waals surface area contributed by atoms with Crippen molar-refractivity contribution in [2.45, 2.75) is 51.4 Å². The Balaban J connectivity index is 2.35. The third-order valence-corrected chi connectivity index (χ3v) is 4.16. The lowest BCUT2D eigenvalue weighted by atomic mass is 10.1. The van der Waals surface area contributed by atoms with Gasteiger partial charge < -0.3 is 5.32 Å². The molecule has 0 aromatic heterocycles. The van der Waals surface area contributed by atoms with Gasteiger partial charge in [-0.25, -0.2) is 0 Å². The molecule has 0 bridgehead atoms. The first kappa shape index (κ1) is 13.3. The van der Waals surface area contributed by atoms with Crippen LogP contribution in [0.2, 0.25) is 0 Å². The van der Waals surface area contributed by atoms with Gasteiger partial charge in [-0.05, 0) is 6.42 Å². The van der Waals surface area contributed by atoms with Crippen molar-refractivity contribution in [3.8, 4) is 0 Å². The van der Waals surface area contributed by atoms with Crippen LogP contribution in [0.15, 0.2) is 0 Å². The number of thioether (sulfide) groups is 1. The second-order valence-electron chi connectivity index (χ2n) is 4.80. The molecule has 90 valence electrons. The Bertz CT molecular complexity index is 173. The molecule has 15 heavy (non-hydrogen) atoms. The van der Waals surface area contributed by atoms with E-state index in [0.29, 0.717) is 6.04 Å². The molecule has 1 aliphatic heterocycles. The van der Waals surface area contributed by atoms with E-state index in [4.69, 9.17) is 0 Å². The molecule has 1 saturated heterocycles. The zero-order valence-electron chi connectivity index (χ0n) is 10.6. The van der Waals surface area contributed by atoms with Crippen LogP contribution in [-0.2, 0) is 0 Å². The van der Waals surface area contributed by atoms with Gasteiger partial charge in [-0.1, -0.05) is 27.7 Å². The molecule has 2 unspecified atom stereocenters. The number of hydrogen-bond donors (Lipinski definition) is 1. The summed E-state index contributed by atoms with van der Waals surface area (Å²) < 4.78 is 0. The maximum atomic E-state index is 3.56. The highest BCUT2D eigenvalue weighted by Gasteiger charge is 2.22. The van der Waals surface area contributed by atoms with Gasteiger partial charge in [0.15, 0.2) is 0 Å². The Labute approximate surface area is 99.2 Å². The lowest BCUT2D eigenvalue weighted by molar-refractivity contribution is 0.192. The van der Waals surface area contributed by atoms with Gasteiger partial charge in [-0.3, -0.25) is 4.90 Å². The Kier molecular flexibility index (Phi) is 6.02. The third-order valence-electron chi connectivity index (χ3n) is 3.02. The highest BCUT2D eigenvalue weighted by molar-refractivity contribution is 7.99. The minimum atomic E-state index is 0.607. The molecule has 0 aromatic rings. The molecule has 0 aliphatic carbocycles. The van der Waals surface area contributed by atoms with E-state index in [1.54, 1.807) is 0 Å². The fourth-order valence-electron chi connectivity index (χ4n) is 2.08. The Morgan fingerprint density at radius 2 is 2.20 bits per heavy atom. The fraction of sp³-hybridized carbons (Fsp3) is 1.00. The molecular weight excluding hydrogens is 204 g/mol. The molecule has 0 radical (unpaired) electrons. The Hall–Kier alpha value is 0.270. The summed E-state index contributed by atoms with van der Waals surface area (Å²) in [5, 5.41) is 4.37. The summed E-state index contributed by atoms with van der Waals surface area (Å²) in [6.45, 7) is 12.8. The van der Waals surface area contributed by atoms with Crippen molar-refractivity contribution in [1.29, 1.82) is 0 Å². The smallest absolute Gasteiger partial charge is 0.0218 e. The normalized spacial score (nSPS) is 25.8. The van der Waals surface area contributed by atoms with Crippen LogP contribution in [0.1, 0.15) is 34.1 Å². The Morgan fingerprint density at radius 3 is 2.73 bits per heavy atom. The van der Waals surface area contributed by atoms with Gasteiger partial charge >= 0.3 is 0 Å². The monoisotopic (exact) mass is 230 g/mol. The molecule has 2 nitrogen and oxygen atoms in total. The first-order valence-electron chi connectivity index (χ1n) is 6.22. The minimum absolute atomic E-state index is 0.607. The molecule has 3 heteroatoms. The van der Waals surface area contributed by atoms with E-state index >= 15 is 0 Å². The van der Waals surface area contributed by atoms with Gasteiger partial charge in [0.05, 0.1) is 0 Å². The van der Waals surface area contributed by atoms with Gasteiger partial charge in [-0.2, -0.15) is 11.8 Å². The number of nitrogens with zero attached hydrogens (tertiary/aromatic N) is 1. The average molecular weight is 230 g/mol. The maximum absolute atomic E-state index is 3.56. The standard InChI is InChI=1S/C12H26N2S/c1-5-12(8-13-10(2)3)14-6-7-15-11(4)9-14/h10-13H,5-9H2,1-4H3. The fourth-order valence-corrected chi connectivity index (χ4v) is 3.12. The zero-order valence-corrected chi connectivity index (χ0v) is 11.4. The van der Waals surface area contributed by atoms with Crippen molar-refractivity contribution in [2.24, 2.45) is 0 Å². The van der Waals surface area contributed by atoms with Gasteiger partial charge in [0, 0.05) is 42.7 Å². The van der Waals surface area contributed by atoms with Crippen LogP contribution >= 0.6 is 11.8 Å².